The molecule has 1 rings (SSSR count). The molecule has 1 fully saturated rings. The molecule has 6 nitrogen and oxygen atoms in total. The average Bonchev–Trinajstić information content (AvgIpc) is 2.27. The van der Waals surface area contributed by atoms with Gasteiger partial charge in [-0.25, -0.2) is 4.79 Å². The van der Waals surface area contributed by atoms with Crippen LogP contribution in [0.5, 0.6) is 0 Å². The average molecular weight is 205 g/mol. The highest BCUT2D eigenvalue weighted by Gasteiger charge is 2.48. The Morgan fingerprint density at radius 3 is 2.54 bits per heavy atom. The van der Waals surface area contributed by atoms with E-state index in [2.05, 4.69) is 4.52 Å². The second-order valence-corrected chi connectivity index (χ2v) is 3.63. The van der Waals surface area contributed by atoms with E-state index in [1.54, 1.807) is 6.92 Å². The molecule has 0 saturated carbocycles. The van der Waals surface area contributed by atoms with Crippen molar-refractivity contribution in [3.05, 3.63) is 0 Å². The Morgan fingerprint density at radius 2 is 2.15 bits per heavy atom. The van der Waals surface area contributed by atoms with E-state index in [-0.39, 0.29) is 13.2 Å². The van der Waals surface area contributed by atoms with Crippen molar-refractivity contribution in [2.45, 2.75) is 6.92 Å². The normalized spacial score (nSPS) is 18.5. The fourth-order valence-corrected chi connectivity index (χ4v) is 1.81. The second-order valence-electron chi connectivity index (χ2n) is 2.50. The Hall–Kier alpha value is -1.00. The van der Waals surface area contributed by atoms with E-state index in [0.717, 1.165) is 0 Å². The summed E-state index contributed by atoms with van der Waals surface area (Å²) in [5.41, 5.74) is 0. The minimum absolute atomic E-state index is 0.0347. The van der Waals surface area contributed by atoms with Crippen molar-refractivity contribution in [1.29, 1.82) is 0 Å². The summed E-state index contributed by atoms with van der Waals surface area (Å²) < 4.78 is 16.5. The number of likely N-dealkylation sites (N-methyl/N-ethyl adjacent to an activating group) is 1. The Kier molecular flexibility index (Phi) is 2.95. The van der Waals surface area contributed by atoms with E-state index in [1.165, 1.54) is 11.9 Å². The predicted molar refractivity (Wildman–Crippen MR) is 44.1 cm³/mol. The number of nitrogens with zero attached hydrogens (tertiary/aromatic N) is 2. The minimum atomic E-state index is -2.34. The largest absolute Gasteiger partial charge is 0.658 e. The van der Waals surface area contributed by atoms with Gasteiger partial charge < -0.3 is 4.90 Å². The summed E-state index contributed by atoms with van der Waals surface area (Å²) in [5.74, 6) is -0.484. The first-order chi connectivity index (χ1) is 6.07. The molecule has 1 aliphatic rings. The first-order valence-electron chi connectivity index (χ1n) is 3.76. The molecule has 0 spiro atoms. The SMILES string of the molecule is CCO[P+](=O)N1C(=O)CN(C)C1=O. The molecule has 1 unspecified atom stereocenters. The highest BCUT2D eigenvalue weighted by molar-refractivity contribution is 7.38. The van der Waals surface area contributed by atoms with E-state index in [9.17, 15) is 14.2 Å². The Morgan fingerprint density at radius 1 is 1.54 bits per heavy atom. The van der Waals surface area contributed by atoms with Gasteiger partial charge in [0.15, 0.2) is 0 Å². The topological polar surface area (TPSA) is 66.9 Å². The number of carbonyl (C=O) groups excluding carboxylic acids is 2. The van der Waals surface area contributed by atoms with Crippen LogP contribution in [0.3, 0.4) is 0 Å². The molecule has 1 aliphatic heterocycles. The van der Waals surface area contributed by atoms with Gasteiger partial charge in [0.2, 0.25) is 0 Å². The van der Waals surface area contributed by atoms with Crippen LogP contribution in [0.25, 0.3) is 0 Å². The molecule has 1 atom stereocenters. The Labute approximate surface area is 76.4 Å². The number of carbonyl (C=O) groups is 2. The summed E-state index contributed by atoms with van der Waals surface area (Å²) in [6, 6.07) is -0.570. The van der Waals surface area contributed by atoms with Gasteiger partial charge in [-0.15, -0.1) is 4.52 Å². The van der Waals surface area contributed by atoms with Crippen molar-refractivity contribution in [3.63, 3.8) is 0 Å². The first kappa shape index (κ1) is 10.1. The molecule has 0 radical (unpaired) electrons. The number of rotatable bonds is 3. The van der Waals surface area contributed by atoms with Crippen molar-refractivity contribution in [2.24, 2.45) is 0 Å². The lowest BCUT2D eigenvalue weighted by Crippen LogP contribution is -2.25. The van der Waals surface area contributed by atoms with Gasteiger partial charge in [-0.1, -0.05) is 0 Å². The summed E-state index contributed by atoms with van der Waals surface area (Å²) >= 11 is 0. The molecule has 7 heteroatoms. The van der Waals surface area contributed by atoms with Gasteiger partial charge in [0.05, 0.1) is 0 Å². The summed E-state index contributed by atoms with van der Waals surface area (Å²) in [6.07, 6.45) is 0. The van der Waals surface area contributed by atoms with Crippen LogP contribution in [0.1, 0.15) is 6.92 Å². The highest BCUT2D eigenvalue weighted by atomic mass is 31.1. The molecule has 0 aromatic rings. The number of amides is 3. The van der Waals surface area contributed by atoms with Gasteiger partial charge in [-0.3, -0.25) is 4.79 Å². The van der Waals surface area contributed by atoms with Gasteiger partial charge in [-0.05, 0) is 16.2 Å². The Bertz CT molecular complexity index is 267. The zero-order valence-corrected chi connectivity index (χ0v) is 8.28. The van der Waals surface area contributed by atoms with Gasteiger partial charge >= 0.3 is 14.2 Å². The molecule has 0 bridgehead atoms. The van der Waals surface area contributed by atoms with Crippen molar-refractivity contribution < 1.29 is 18.7 Å². The van der Waals surface area contributed by atoms with E-state index in [4.69, 9.17) is 0 Å². The van der Waals surface area contributed by atoms with Crippen LogP contribution in [-0.4, -0.2) is 41.7 Å². The third kappa shape index (κ3) is 1.84. The summed E-state index contributed by atoms with van der Waals surface area (Å²) in [7, 11) is -0.877. The lowest BCUT2D eigenvalue weighted by Gasteiger charge is -2.01. The van der Waals surface area contributed by atoms with E-state index in [0.29, 0.717) is 4.67 Å². The molecule has 0 aromatic carbocycles. The van der Waals surface area contributed by atoms with Gasteiger partial charge in [0.1, 0.15) is 13.2 Å². The summed E-state index contributed by atoms with van der Waals surface area (Å²) in [6.45, 7) is 1.81. The monoisotopic (exact) mass is 205 g/mol. The van der Waals surface area contributed by atoms with Gasteiger partial charge in [0.25, 0.3) is 5.91 Å². The molecular formula is C6H10N2O4P+. The Balaban J connectivity index is 2.74. The first-order valence-corrected chi connectivity index (χ1v) is 4.89. The number of hydrogen-bond acceptors (Lipinski definition) is 4. The van der Waals surface area contributed by atoms with Crippen LogP contribution in [0.2, 0.25) is 0 Å². The molecule has 0 aliphatic carbocycles. The molecule has 1 saturated heterocycles. The fourth-order valence-electron chi connectivity index (χ4n) is 0.935. The zero-order chi connectivity index (χ0) is 10.0. The lowest BCUT2D eigenvalue weighted by molar-refractivity contribution is -0.122. The quantitative estimate of drug-likeness (QED) is 0.499. The van der Waals surface area contributed by atoms with E-state index in [1.807, 2.05) is 0 Å². The molecule has 1 heterocycles. The number of hydrogen-bond donors (Lipinski definition) is 0. The highest BCUT2D eigenvalue weighted by Crippen LogP contribution is 2.32. The smallest absolute Gasteiger partial charge is 0.315 e. The molecule has 0 N–H and O–H groups in total. The van der Waals surface area contributed by atoms with Gasteiger partial charge in [-0.2, -0.15) is 0 Å². The van der Waals surface area contributed by atoms with Crippen LogP contribution in [0.4, 0.5) is 4.79 Å². The van der Waals surface area contributed by atoms with Crippen molar-refractivity contribution >= 4 is 20.1 Å². The molecule has 13 heavy (non-hydrogen) atoms. The van der Waals surface area contributed by atoms with Crippen LogP contribution >= 0.6 is 8.18 Å². The number of urea groups is 1. The second kappa shape index (κ2) is 3.81. The fraction of sp³-hybridized carbons (Fsp3) is 0.667. The van der Waals surface area contributed by atoms with Crippen molar-refractivity contribution in [3.8, 4) is 0 Å². The third-order valence-electron chi connectivity index (χ3n) is 1.52. The van der Waals surface area contributed by atoms with Gasteiger partial charge in [0, 0.05) is 7.05 Å². The molecule has 0 aromatic heterocycles. The van der Waals surface area contributed by atoms with Crippen LogP contribution in [-0.2, 0) is 13.9 Å². The predicted octanol–water partition coefficient (Wildman–Crippen LogP) is 0.574. The minimum Gasteiger partial charge on any atom is -0.315 e. The maximum atomic E-state index is 11.2. The van der Waals surface area contributed by atoms with Crippen LogP contribution in [0.15, 0.2) is 0 Å². The third-order valence-corrected chi connectivity index (χ3v) is 2.72. The van der Waals surface area contributed by atoms with Crippen LogP contribution < -0.4 is 0 Å². The molecule has 72 valence electrons. The molecular weight excluding hydrogens is 195 g/mol. The molecule has 3 amide bonds. The van der Waals surface area contributed by atoms with Crippen molar-refractivity contribution in [2.75, 3.05) is 20.2 Å². The van der Waals surface area contributed by atoms with Crippen molar-refractivity contribution in [1.82, 2.24) is 9.57 Å². The van der Waals surface area contributed by atoms with Crippen LogP contribution in [0, 0.1) is 0 Å². The maximum Gasteiger partial charge on any atom is 0.658 e. The summed E-state index contributed by atoms with van der Waals surface area (Å²) in [4.78, 5) is 23.5. The van der Waals surface area contributed by atoms with E-state index < -0.39 is 20.1 Å². The van der Waals surface area contributed by atoms with E-state index >= 15 is 0 Å². The lowest BCUT2D eigenvalue weighted by atomic mass is 10.6. The maximum absolute atomic E-state index is 11.2. The summed E-state index contributed by atoms with van der Waals surface area (Å²) in [5, 5.41) is 0. The standard InChI is InChI=1S/C6H10N2O4P/c1-3-12-13(11)8-5(9)4-7(2)6(8)10/h3-4H2,1-2H3/q+1. The zero-order valence-electron chi connectivity index (χ0n) is 7.39. The number of imide groups is 1.